The van der Waals surface area contributed by atoms with Gasteiger partial charge in [0.2, 0.25) is 0 Å². The molecule has 0 heterocycles. The Bertz CT molecular complexity index is 704. The highest BCUT2D eigenvalue weighted by atomic mass is 127. The molecular weight excluding hydrogens is 800 g/mol. The number of rotatable bonds is 6. The van der Waals surface area contributed by atoms with Crippen LogP contribution >= 0.6 is 90.4 Å². The van der Waals surface area contributed by atoms with E-state index >= 15 is 0 Å². The highest BCUT2D eigenvalue weighted by molar-refractivity contribution is 14.1. The van der Waals surface area contributed by atoms with Crippen LogP contribution in [-0.4, -0.2) is 71.0 Å². The van der Waals surface area contributed by atoms with E-state index in [1.54, 1.807) is 0 Å². The van der Waals surface area contributed by atoms with E-state index in [-0.39, 0.29) is 0 Å². The summed E-state index contributed by atoms with van der Waals surface area (Å²) in [4.78, 5) is 49.2. The topological polar surface area (TPSA) is 115 Å². The maximum Gasteiger partial charge on any atom is 0.323 e. The van der Waals surface area contributed by atoms with Crippen molar-refractivity contribution in [2.24, 2.45) is 0 Å². The maximum absolute atomic E-state index is 12.7. The van der Waals surface area contributed by atoms with Crippen LogP contribution in [0, 0.1) is 14.3 Å². The van der Waals surface area contributed by atoms with E-state index in [1.807, 2.05) is 90.4 Å². The van der Waals surface area contributed by atoms with Gasteiger partial charge in [0.25, 0.3) is 11.8 Å². The Labute approximate surface area is 203 Å². The molecule has 0 aliphatic carbocycles. The van der Waals surface area contributed by atoms with Crippen LogP contribution in [0.3, 0.4) is 0 Å². The van der Waals surface area contributed by atoms with Crippen molar-refractivity contribution in [3.05, 3.63) is 25.4 Å². The van der Waals surface area contributed by atoms with Gasteiger partial charge in [0, 0.05) is 28.4 Å². The van der Waals surface area contributed by atoms with Crippen LogP contribution < -0.4 is 0 Å². The van der Waals surface area contributed by atoms with Gasteiger partial charge in [-0.05, 0) is 90.4 Å². The summed E-state index contributed by atoms with van der Waals surface area (Å²) in [6.45, 7) is -0.889. The molecule has 0 radical (unpaired) electrons. The molecule has 0 aliphatic heterocycles. The van der Waals surface area contributed by atoms with Crippen molar-refractivity contribution in [2.75, 3.05) is 27.2 Å². The standard InChI is InChI=1S/C14H12I4N2O6/c1-19(3-5(21)22)13(25)7-9(15)11(17)8(12(18)10(7)16)14(26)20(2)4-6(23)24/h3-4H2,1-2H3,(H,21,22)(H,23,24). The average Bonchev–Trinajstić information content (AvgIpc) is 2.51. The minimum absolute atomic E-state index is 0.321. The van der Waals surface area contributed by atoms with Crippen LogP contribution in [0.15, 0.2) is 0 Å². The maximum atomic E-state index is 12.7. The van der Waals surface area contributed by atoms with E-state index < -0.39 is 36.8 Å². The molecule has 0 aliphatic rings. The summed E-state index contributed by atoms with van der Waals surface area (Å²) in [6.07, 6.45) is 0. The van der Waals surface area contributed by atoms with Gasteiger partial charge in [-0.3, -0.25) is 19.2 Å². The van der Waals surface area contributed by atoms with Crippen molar-refractivity contribution < 1.29 is 29.4 Å². The second-order valence-electron chi connectivity index (χ2n) is 5.12. The molecular formula is C14H12I4N2O6. The zero-order valence-corrected chi connectivity index (χ0v) is 22.0. The average molecular weight is 812 g/mol. The molecule has 142 valence electrons. The second-order valence-corrected chi connectivity index (χ2v) is 9.43. The molecule has 0 saturated carbocycles. The van der Waals surface area contributed by atoms with E-state index in [0.717, 1.165) is 9.80 Å². The SMILES string of the molecule is CN(CC(=O)O)C(=O)c1c(I)c(I)c(C(=O)N(C)CC(=O)O)c(I)c1I. The predicted molar refractivity (Wildman–Crippen MR) is 127 cm³/mol. The van der Waals surface area contributed by atoms with E-state index in [9.17, 15) is 19.2 Å². The molecule has 2 amide bonds. The molecule has 0 bridgehead atoms. The lowest BCUT2D eigenvalue weighted by Gasteiger charge is -2.22. The van der Waals surface area contributed by atoms with Gasteiger partial charge in [-0.1, -0.05) is 0 Å². The van der Waals surface area contributed by atoms with E-state index in [0.29, 0.717) is 25.4 Å². The van der Waals surface area contributed by atoms with Gasteiger partial charge in [-0.15, -0.1) is 0 Å². The van der Waals surface area contributed by atoms with Gasteiger partial charge in [-0.25, -0.2) is 0 Å². The monoisotopic (exact) mass is 812 g/mol. The number of benzene rings is 1. The third-order valence-corrected chi connectivity index (χ3v) is 9.51. The molecule has 0 spiro atoms. The Morgan fingerprint density at radius 2 is 0.923 bits per heavy atom. The number of carbonyl (C=O) groups excluding carboxylic acids is 2. The van der Waals surface area contributed by atoms with Crippen LogP contribution in [0.2, 0.25) is 0 Å². The largest absolute Gasteiger partial charge is 0.480 e. The normalized spacial score (nSPS) is 10.4. The molecule has 8 nitrogen and oxygen atoms in total. The minimum atomic E-state index is -1.13. The number of amides is 2. The smallest absolute Gasteiger partial charge is 0.323 e. The predicted octanol–water partition coefficient (Wildman–Crippen LogP) is 2.42. The summed E-state index contributed by atoms with van der Waals surface area (Å²) < 4.78 is 2.06. The molecule has 0 fully saturated rings. The van der Waals surface area contributed by atoms with Crippen molar-refractivity contribution in [1.82, 2.24) is 9.80 Å². The summed E-state index contributed by atoms with van der Waals surface area (Å²) >= 11 is 7.76. The molecule has 1 aromatic carbocycles. The van der Waals surface area contributed by atoms with E-state index in [4.69, 9.17) is 10.2 Å². The van der Waals surface area contributed by atoms with Gasteiger partial charge < -0.3 is 20.0 Å². The minimum Gasteiger partial charge on any atom is -0.480 e. The molecule has 12 heteroatoms. The molecule has 1 aromatic rings. The Hall–Kier alpha value is 0.0200. The third-order valence-electron chi connectivity index (χ3n) is 3.13. The van der Waals surface area contributed by atoms with Crippen molar-refractivity contribution in [3.63, 3.8) is 0 Å². The summed E-state index contributed by atoms with van der Waals surface area (Å²) in [5.74, 6) is -3.18. The van der Waals surface area contributed by atoms with Crippen LogP contribution in [0.4, 0.5) is 0 Å². The Morgan fingerprint density at radius 3 is 1.12 bits per heavy atom. The lowest BCUT2D eigenvalue weighted by atomic mass is 10.1. The van der Waals surface area contributed by atoms with Gasteiger partial charge in [-0.2, -0.15) is 0 Å². The van der Waals surface area contributed by atoms with E-state index in [2.05, 4.69) is 0 Å². The second kappa shape index (κ2) is 9.99. The Kier molecular flexibility index (Phi) is 9.24. The summed E-state index contributed by atoms with van der Waals surface area (Å²) in [6, 6.07) is 0. The molecule has 2 N–H and O–H groups in total. The first-order valence-electron chi connectivity index (χ1n) is 6.70. The fourth-order valence-corrected chi connectivity index (χ4v) is 6.05. The Balaban J connectivity index is 3.46. The summed E-state index contributed by atoms with van der Waals surface area (Å²) in [5, 5.41) is 17.8. The highest BCUT2D eigenvalue weighted by Crippen LogP contribution is 2.34. The lowest BCUT2D eigenvalue weighted by Crippen LogP contribution is -2.35. The van der Waals surface area contributed by atoms with Gasteiger partial charge in [0.1, 0.15) is 13.1 Å². The fraction of sp³-hybridized carbons (Fsp3) is 0.286. The first-order valence-corrected chi connectivity index (χ1v) is 11.0. The van der Waals surface area contributed by atoms with Crippen molar-refractivity contribution in [3.8, 4) is 0 Å². The van der Waals surface area contributed by atoms with E-state index in [1.165, 1.54) is 14.1 Å². The van der Waals surface area contributed by atoms with Crippen molar-refractivity contribution >= 4 is 114 Å². The number of aliphatic carboxylic acids is 2. The number of carboxylic acid groups (broad SMARTS) is 2. The zero-order chi connectivity index (χ0) is 20.3. The number of hydrogen-bond acceptors (Lipinski definition) is 4. The third kappa shape index (κ3) is 5.52. The van der Waals surface area contributed by atoms with Gasteiger partial charge in [0.05, 0.1) is 11.1 Å². The summed E-state index contributed by atoms with van der Waals surface area (Å²) in [5.41, 5.74) is 0.641. The number of hydrogen-bond donors (Lipinski definition) is 2. The number of halogens is 4. The number of nitrogens with zero attached hydrogens (tertiary/aromatic N) is 2. The molecule has 0 atom stereocenters. The Morgan fingerprint density at radius 1 is 0.692 bits per heavy atom. The molecule has 26 heavy (non-hydrogen) atoms. The first kappa shape index (κ1) is 24.1. The number of likely N-dealkylation sites (N-methyl/N-ethyl adjacent to an activating group) is 2. The number of carboxylic acids is 2. The summed E-state index contributed by atoms with van der Waals surface area (Å²) in [7, 11) is 2.78. The van der Waals surface area contributed by atoms with Crippen LogP contribution in [0.25, 0.3) is 0 Å². The van der Waals surface area contributed by atoms with Gasteiger partial charge >= 0.3 is 11.9 Å². The molecule has 0 saturated heterocycles. The lowest BCUT2D eigenvalue weighted by molar-refractivity contribution is -0.138. The van der Waals surface area contributed by atoms with Crippen molar-refractivity contribution in [2.45, 2.75) is 0 Å². The quantitative estimate of drug-likeness (QED) is 0.338. The molecule has 0 aromatic heterocycles. The molecule has 0 unspecified atom stereocenters. The van der Waals surface area contributed by atoms with Gasteiger partial charge in [0.15, 0.2) is 0 Å². The zero-order valence-electron chi connectivity index (χ0n) is 13.3. The fourth-order valence-electron chi connectivity index (χ4n) is 1.94. The first-order chi connectivity index (χ1) is 11.9. The van der Waals surface area contributed by atoms with Crippen molar-refractivity contribution in [1.29, 1.82) is 0 Å². The highest BCUT2D eigenvalue weighted by Gasteiger charge is 2.30. The number of carbonyl (C=O) groups is 4. The van der Waals surface area contributed by atoms with Crippen LogP contribution in [-0.2, 0) is 9.59 Å². The van der Waals surface area contributed by atoms with Crippen LogP contribution in [0.5, 0.6) is 0 Å². The molecule has 1 rings (SSSR count). The van der Waals surface area contributed by atoms with Crippen LogP contribution in [0.1, 0.15) is 20.7 Å².